The van der Waals surface area contributed by atoms with Gasteiger partial charge in [0.15, 0.2) is 0 Å². The van der Waals surface area contributed by atoms with Crippen molar-refractivity contribution in [3.8, 4) is 0 Å². The van der Waals surface area contributed by atoms with Gasteiger partial charge in [-0.05, 0) is 36.4 Å². The molecule has 2 rings (SSSR count). The number of nitro groups is 1. The minimum Gasteiger partial charge on any atom is -0.335 e. The highest BCUT2D eigenvalue weighted by Crippen LogP contribution is 2.24. The fourth-order valence-electron chi connectivity index (χ4n) is 2.46. The Kier molecular flexibility index (Phi) is 5.98. The Bertz CT molecular complexity index is 749. The molecular weight excluding hydrogens is 324 g/mol. The van der Waals surface area contributed by atoms with E-state index in [1.165, 1.54) is 12.1 Å². The molecule has 1 atom stereocenters. The molecule has 1 amide bonds. The summed E-state index contributed by atoms with van der Waals surface area (Å²) in [4.78, 5) is 24.8. The second-order valence-corrected chi connectivity index (χ2v) is 6.44. The van der Waals surface area contributed by atoms with Gasteiger partial charge in [-0.15, -0.1) is 0 Å². The number of carbonyl (C=O) groups is 1. The van der Waals surface area contributed by atoms with Gasteiger partial charge in [-0.1, -0.05) is 24.3 Å². The number of hydrogen-bond donors (Lipinski definition) is 0. The number of hydrogen-bond acceptors (Lipinski definition) is 4. The van der Waals surface area contributed by atoms with Gasteiger partial charge in [0.1, 0.15) is 0 Å². The van der Waals surface area contributed by atoms with Crippen molar-refractivity contribution in [2.24, 2.45) is 0 Å². The van der Waals surface area contributed by atoms with E-state index >= 15 is 0 Å². The Morgan fingerprint density at radius 3 is 2.62 bits per heavy atom. The van der Waals surface area contributed by atoms with Crippen molar-refractivity contribution in [3.05, 3.63) is 75.3 Å². The minimum atomic E-state index is -0.427. The molecule has 0 saturated carbocycles. The maximum atomic E-state index is 12.7. The topological polar surface area (TPSA) is 63.5 Å². The van der Waals surface area contributed by atoms with Crippen LogP contribution < -0.4 is 0 Å². The van der Waals surface area contributed by atoms with Crippen LogP contribution in [0.15, 0.2) is 48.5 Å². The highest BCUT2D eigenvalue weighted by atomic mass is 32.2. The maximum absolute atomic E-state index is 12.7. The van der Waals surface area contributed by atoms with E-state index in [0.29, 0.717) is 5.56 Å². The van der Waals surface area contributed by atoms with E-state index in [4.69, 9.17) is 0 Å². The van der Waals surface area contributed by atoms with Crippen molar-refractivity contribution < 1.29 is 9.72 Å². The zero-order valence-electron chi connectivity index (χ0n) is 13.9. The molecule has 126 valence electrons. The number of amides is 1. The molecular formula is C18H20N2O3S. The molecule has 6 heteroatoms. The zero-order chi connectivity index (χ0) is 17.7. The Balaban J connectivity index is 2.22. The molecule has 0 spiro atoms. The third-order valence-corrected chi connectivity index (χ3v) is 4.57. The molecule has 0 aliphatic carbocycles. The molecule has 0 unspecified atom stereocenters. The van der Waals surface area contributed by atoms with Crippen LogP contribution in [0.5, 0.6) is 0 Å². The second-order valence-electron chi connectivity index (χ2n) is 5.58. The summed E-state index contributed by atoms with van der Waals surface area (Å²) in [7, 11) is 1.72. The lowest BCUT2D eigenvalue weighted by atomic mass is 10.0. The van der Waals surface area contributed by atoms with E-state index < -0.39 is 4.92 Å². The molecule has 0 N–H and O–H groups in total. The van der Waals surface area contributed by atoms with Crippen molar-refractivity contribution in [1.82, 2.24) is 4.90 Å². The molecule has 0 radical (unpaired) electrons. The minimum absolute atomic E-state index is 0.0298. The normalized spacial score (nSPS) is 11.8. The Hall–Kier alpha value is -2.34. The average Bonchev–Trinajstić information content (AvgIpc) is 2.60. The van der Waals surface area contributed by atoms with Gasteiger partial charge in [-0.25, -0.2) is 0 Å². The van der Waals surface area contributed by atoms with E-state index in [2.05, 4.69) is 0 Å². The highest BCUT2D eigenvalue weighted by molar-refractivity contribution is 7.97. The number of thioether (sulfide) groups is 1. The zero-order valence-corrected chi connectivity index (χ0v) is 14.7. The summed E-state index contributed by atoms with van der Waals surface area (Å²) < 4.78 is 0. The predicted octanol–water partition coefficient (Wildman–Crippen LogP) is 4.29. The lowest BCUT2D eigenvalue weighted by molar-refractivity contribution is -0.384. The first-order valence-electron chi connectivity index (χ1n) is 7.53. The molecule has 2 aromatic rings. The van der Waals surface area contributed by atoms with Crippen LogP contribution in [0.1, 0.15) is 34.5 Å². The van der Waals surface area contributed by atoms with Crippen LogP contribution in [0, 0.1) is 10.1 Å². The Labute approximate surface area is 145 Å². The third-order valence-electron chi connectivity index (χ3n) is 3.95. The SMILES string of the molecule is CSCc1cccc(C(=O)N(C)[C@@H](C)c2cccc([N+](=O)[O-])c2)c1. The van der Waals surface area contributed by atoms with Crippen LogP contribution in [0.3, 0.4) is 0 Å². The van der Waals surface area contributed by atoms with Crippen LogP contribution in [-0.4, -0.2) is 29.0 Å². The van der Waals surface area contributed by atoms with Gasteiger partial charge >= 0.3 is 0 Å². The monoisotopic (exact) mass is 344 g/mol. The quantitative estimate of drug-likeness (QED) is 0.579. The average molecular weight is 344 g/mol. The van der Waals surface area contributed by atoms with Crippen molar-refractivity contribution in [2.75, 3.05) is 13.3 Å². The number of nitrogens with zero attached hydrogens (tertiary/aromatic N) is 2. The number of nitro benzene ring substituents is 1. The molecule has 0 heterocycles. The lowest BCUT2D eigenvalue weighted by Gasteiger charge is -2.25. The fourth-order valence-corrected chi connectivity index (χ4v) is 2.98. The summed E-state index contributed by atoms with van der Waals surface area (Å²) in [6, 6.07) is 13.7. The molecule has 2 aromatic carbocycles. The first kappa shape index (κ1) is 18.0. The molecule has 0 fully saturated rings. The van der Waals surface area contributed by atoms with Crippen molar-refractivity contribution in [2.45, 2.75) is 18.7 Å². The van der Waals surface area contributed by atoms with Crippen molar-refractivity contribution >= 4 is 23.4 Å². The molecule has 5 nitrogen and oxygen atoms in total. The van der Waals surface area contributed by atoms with E-state index in [0.717, 1.165) is 16.9 Å². The summed E-state index contributed by atoms with van der Waals surface area (Å²) in [5.74, 6) is 0.752. The van der Waals surface area contributed by atoms with E-state index in [1.54, 1.807) is 41.9 Å². The van der Waals surface area contributed by atoms with Crippen LogP contribution >= 0.6 is 11.8 Å². The first-order chi connectivity index (χ1) is 11.4. The van der Waals surface area contributed by atoms with Crippen LogP contribution in [-0.2, 0) is 5.75 Å². The van der Waals surface area contributed by atoms with Gasteiger partial charge in [-0.2, -0.15) is 11.8 Å². The third kappa shape index (κ3) is 4.14. The molecule has 0 bridgehead atoms. The number of rotatable bonds is 6. The molecule has 0 saturated heterocycles. The molecule has 0 aliphatic heterocycles. The summed E-state index contributed by atoms with van der Waals surface area (Å²) in [5.41, 5.74) is 2.49. The molecule has 0 aromatic heterocycles. The largest absolute Gasteiger partial charge is 0.335 e. The van der Waals surface area contributed by atoms with Crippen molar-refractivity contribution in [1.29, 1.82) is 0 Å². The summed E-state index contributed by atoms with van der Waals surface area (Å²) >= 11 is 1.70. The molecule has 0 aliphatic rings. The smallest absolute Gasteiger partial charge is 0.269 e. The second kappa shape index (κ2) is 7.97. The summed E-state index contributed by atoms with van der Waals surface area (Å²) in [6.45, 7) is 1.86. The van der Waals surface area contributed by atoms with Gasteiger partial charge in [0, 0.05) is 30.5 Å². The first-order valence-corrected chi connectivity index (χ1v) is 8.92. The van der Waals surface area contributed by atoms with Crippen molar-refractivity contribution in [3.63, 3.8) is 0 Å². The molecule has 24 heavy (non-hydrogen) atoms. The highest BCUT2D eigenvalue weighted by Gasteiger charge is 2.20. The van der Waals surface area contributed by atoms with E-state index in [-0.39, 0.29) is 17.6 Å². The van der Waals surface area contributed by atoms with Gasteiger partial charge < -0.3 is 4.90 Å². The number of benzene rings is 2. The van der Waals surface area contributed by atoms with Gasteiger partial charge in [0.05, 0.1) is 11.0 Å². The number of non-ortho nitro benzene ring substituents is 1. The number of carbonyl (C=O) groups excluding carboxylic acids is 1. The Morgan fingerprint density at radius 2 is 1.96 bits per heavy atom. The van der Waals surface area contributed by atoms with Crippen LogP contribution in [0.4, 0.5) is 5.69 Å². The van der Waals surface area contributed by atoms with Crippen LogP contribution in [0.25, 0.3) is 0 Å². The summed E-state index contributed by atoms with van der Waals surface area (Å²) in [5, 5.41) is 10.9. The lowest BCUT2D eigenvalue weighted by Crippen LogP contribution is -2.29. The summed E-state index contributed by atoms with van der Waals surface area (Å²) in [6.07, 6.45) is 2.02. The van der Waals surface area contributed by atoms with Gasteiger partial charge in [0.25, 0.3) is 11.6 Å². The van der Waals surface area contributed by atoms with E-state index in [9.17, 15) is 14.9 Å². The Morgan fingerprint density at radius 1 is 1.25 bits per heavy atom. The van der Waals surface area contributed by atoms with Gasteiger partial charge in [0.2, 0.25) is 0 Å². The fraction of sp³-hybridized carbons (Fsp3) is 0.278. The van der Waals surface area contributed by atoms with E-state index in [1.807, 2.05) is 31.4 Å². The van der Waals surface area contributed by atoms with Gasteiger partial charge in [-0.3, -0.25) is 14.9 Å². The maximum Gasteiger partial charge on any atom is 0.269 e. The standard InChI is InChI=1S/C18H20N2O3S/c1-13(15-7-5-9-17(11-15)20(22)23)19(2)18(21)16-8-4-6-14(10-16)12-24-3/h4-11,13H,12H2,1-3H3/t13-/m0/s1. The predicted molar refractivity (Wildman–Crippen MR) is 97.3 cm³/mol. The van der Waals surface area contributed by atoms with Crippen LogP contribution in [0.2, 0.25) is 0 Å².